The predicted molar refractivity (Wildman–Crippen MR) is 110 cm³/mol. The maximum atomic E-state index is 13.2. The Morgan fingerprint density at radius 1 is 0.786 bits per heavy atom. The molecule has 4 nitrogen and oxygen atoms in total. The van der Waals surface area contributed by atoms with E-state index in [-0.39, 0.29) is 23.9 Å². The molecular formula is C24H29NO3. The molecule has 0 spiro atoms. The molecule has 1 saturated heterocycles. The highest BCUT2D eigenvalue weighted by molar-refractivity contribution is 5.87. The molecule has 4 atom stereocenters. The minimum Gasteiger partial charge on any atom is -0.494 e. The van der Waals surface area contributed by atoms with Gasteiger partial charge in [-0.05, 0) is 62.1 Å². The normalized spacial score (nSPS) is 26.7. The van der Waals surface area contributed by atoms with Crippen LogP contribution in [0.4, 0.5) is 0 Å². The summed E-state index contributed by atoms with van der Waals surface area (Å²) in [5.74, 6) is 2.30. The quantitative estimate of drug-likeness (QED) is 0.779. The first-order valence-electron chi connectivity index (χ1n) is 10.5. The number of piperidine rings is 1. The lowest BCUT2D eigenvalue weighted by atomic mass is 9.67. The van der Waals surface area contributed by atoms with Gasteiger partial charge in [-0.1, -0.05) is 30.7 Å². The van der Waals surface area contributed by atoms with Crippen molar-refractivity contribution in [1.29, 1.82) is 0 Å². The van der Waals surface area contributed by atoms with Crippen LogP contribution in [-0.4, -0.2) is 19.0 Å². The second-order valence-corrected chi connectivity index (χ2v) is 7.67. The van der Waals surface area contributed by atoms with Crippen molar-refractivity contribution >= 4 is 5.78 Å². The number of carbonyl (C=O) groups excluding carboxylic acids is 1. The topological polar surface area (TPSA) is 47.6 Å². The van der Waals surface area contributed by atoms with E-state index in [1.165, 1.54) is 0 Å². The molecule has 4 heteroatoms. The van der Waals surface area contributed by atoms with E-state index < -0.39 is 0 Å². The number of ether oxygens (including phenoxy) is 2. The van der Waals surface area contributed by atoms with Gasteiger partial charge in [0.1, 0.15) is 17.3 Å². The van der Waals surface area contributed by atoms with Gasteiger partial charge >= 0.3 is 0 Å². The molecule has 1 N–H and O–H groups in total. The summed E-state index contributed by atoms with van der Waals surface area (Å²) in [5.41, 5.74) is 2.33. The van der Waals surface area contributed by atoms with Gasteiger partial charge in [-0.15, -0.1) is 0 Å². The summed E-state index contributed by atoms with van der Waals surface area (Å²) in [5, 5.41) is 3.82. The van der Waals surface area contributed by atoms with Crippen molar-refractivity contribution in [3.63, 3.8) is 0 Å². The summed E-state index contributed by atoms with van der Waals surface area (Å²) in [6.07, 6.45) is 3.05. The summed E-state index contributed by atoms with van der Waals surface area (Å²) in [6, 6.07) is 16.5. The third-order valence-electron chi connectivity index (χ3n) is 6.03. The highest BCUT2D eigenvalue weighted by atomic mass is 16.5. The van der Waals surface area contributed by atoms with Crippen LogP contribution in [0, 0.1) is 11.8 Å². The van der Waals surface area contributed by atoms with Gasteiger partial charge in [-0.25, -0.2) is 0 Å². The second-order valence-electron chi connectivity index (χ2n) is 7.67. The molecule has 1 heterocycles. The summed E-state index contributed by atoms with van der Waals surface area (Å²) in [7, 11) is 0. The van der Waals surface area contributed by atoms with Gasteiger partial charge in [0, 0.05) is 23.9 Å². The van der Waals surface area contributed by atoms with Crippen molar-refractivity contribution in [1.82, 2.24) is 5.32 Å². The van der Waals surface area contributed by atoms with Crippen molar-refractivity contribution in [3.8, 4) is 11.5 Å². The Bertz CT molecular complexity index is 734. The number of fused-ring (bicyclic) bond motifs is 2. The Morgan fingerprint density at radius 2 is 1.21 bits per heavy atom. The van der Waals surface area contributed by atoms with Gasteiger partial charge in [0.2, 0.25) is 0 Å². The Morgan fingerprint density at radius 3 is 1.61 bits per heavy atom. The fourth-order valence-corrected chi connectivity index (χ4v) is 4.74. The van der Waals surface area contributed by atoms with Crippen LogP contribution < -0.4 is 14.8 Å². The number of hydrogen-bond donors (Lipinski definition) is 1. The van der Waals surface area contributed by atoms with Crippen LogP contribution in [0.5, 0.6) is 11.5 Å². The van der Waals surface area contributed by atoms with E-state index in [9.17, 15) is 4.79 Å². The summed E-state index contributed by atoms with van der Waals surface area (Å²) >= 11 is 0. The Kier molecular flexibility index (Phi) is 5.67. The molecule has 2 bridgehead atoms. The molecule has 0 amide bonds. The van der Waals surface area contributed by atoms with Crippen LogP contribution in [-0.2, 0) is 4.79 Å². The van der Waals surface area contributed by atoms with Gasteiger partial charge in [0.15, 0.2) is 0 Å². The van der Waals surface area contributed by atoms with Crippen LogP contribution in [0.1, 0.15) is 56.3 Å². The number of hydrogen-bond acceptors (Lipinski definition) is 4. The van der Waals surface area contributed by atoms with Crippen LogP contribution in [0.2, 0.25) is 0 Å². The van der Waals surface area contributed by atoms with Crippen molar-refractivity contribution in [3.05, 3.63) is 59.7 Å². The minimum atomic E-state index is 0.0521. The lowest BCUT2D eigenvalue weighted by Crippen LogP contribution is -2.50. The molecule has 1 aliphatic heterocycles. The SMILES string of the molecule is CCOc1ccc([C@H]2N[C@@H](c3ccc(OCC)cc3)[C@H]3CCC[C@H]2C3=O)cc1. The van der Waals surface area contributed by atoms with E-state index in [0.717, 1.165) is 41.9 Å². The highest BCUT2D eigenvalue weighted by Gasteiger charge is 2.46. The maximum Gasteiger partial charge on any atom is 0.142 e. The molecule has 0 aromatic heterocycles. The zero-order valence-corrected chi connectivity index (χ0v) is 16.7. The first kappa shape index (κ1) is 19.0. The summed E-state index contributed by atoms with van der Waals surface area (Å²) in [4.78, 5) is 13.2. The van der Waals surface area contributed by atoms with E-state index >= 15 is 0 Å². The number of nitrogens with one attached hydrogen (secondary N) is 1. The average Bonchev–Trinajstić information content (AvgIpc) is 2.70. The molecule has 148 valence electrons. The number of carbonyl (C=O) groups is 1. The van der Waals surface area contributed by atoms with E-state index in [1.54, 1.807) is 0 Å². The zero-order valence-electron chi connectivity index (χ0n) is 16.7. The number of rotatable bonds is 6. The number of ketones is 1. The molecule has 28 heavy (non-hydrogen) atoms. The van der Waals surface area contributed by atoms with E-state index in [2.05, 4.69) is 29.6 Å². The van der Waals surface area contributed by atoms with E-state index in [1.807, 2.05) is 38.1 Å². The summed E-state index contributed by atoms with van der Waals surface area (Å²) < 4.78 is 11.1. The van der Waals surface area contributed by atoms with Crippen LogP contribution in [0.3, 0.4) is 0 Å². The standard InChI is InChI=1S/C24H29NO3/c1-3-27-18-12-8-16(9-13-18)22-20-6-5-7-21(24(20)26)23(25-22)17-10-14-19(15-11-17)28-4-2/h8-15,20-23,25H,3-7H2,1-2H3/t20-,21-,22-,23+/m1/s1. The smallest absolute Gasteiger partial charge is 0.142 e. The van der Waals surface area contributed by atoms with Gasteiger partial charge in [-0.3, -0.25) is 4.79 Å². The third kappa shape index (κ3) is 3.66. The van der Waals surface area contributed by atoms with Gasteiger partial charge in [0.05, 0.1) is 13.2 Å². The monoisotopic (exact) mass is 379 g/mol. The zero-order chi connectivity index (χ0) is 19.5. The van der Waals surface area contributed by atoms with Crippen LogP contribution >= 0.6 is 0 Å². The highest BCUT2D eigenvalue weighted by Crippen LogP contribution is 2.46. The van der Waals surface area contributed by atoms with Gasteiger partial charge in [-0.2, -0.15) is 0 Å². The minimum absolute atomic E-state index is 0.0521. The van der Waals surface area contributed by atoms with Crippen molar-refractivity contribution in [2.75, 3.05) is 13.2 Å². The lowest BCUT2D eigenvalue weighted by molar-refractivity contribution is -0.135. The fraction of sp³-hybridized carbons (Fsp3) is 0.458. The van der Waals surface area contributed by atoms with Crippen LogP contribution in [0.15, 0.2) is 48.5 Å². The molecular weight excluding hydrogens is 350 g/mol. The maximum absolute atomic E-state index is 13.2. The number of Topliss-reactive ketones (excluding diaryl/α,β-unsaturated/α-hetero) is 1. The largest absolute Gasteiger partial charge is 0.494 e. The number of benzene rings is 2. The Labute approximate surface area is 167 Å². The van der Waals surface area contributed by atoms with Crippen molar-refractivity contribution in [2.45, 2.75) is 45.2 Å². The Hall–Kier alpha value is -2.33. The first-order valence-corrected chi connectivity index (χ1v) is 10.5. The molecule has 2 aliphatic rings. The van der Waals surface area contributed by atoms with E-state index in [4.69, 9.17) is 9.47 Å². The van der Waals surface area contributed by atoms with Crippen LogP contribution in [0.25, 0.3) is 0 Å². The van der Waals surface area contributed by atoms with Crippen molar-refractivity contribution in [2.24, 2.45) is 11.8 Å². The summed E-state index contributed by atoms with van der Waals surface area (Å²) in [6.45, 7) is 5.28. The molecule has 1 aliphatic carbocycles. The van der Waals surface area contributed by atoms with Gasteiger partial charge in [0.25, 0.3) is 0 Å². The molecule has 2 aromatic carbocycles. The molecule has 4 rings (SSSR count). The van der Waals surface area contributed by atoms with Gasteiger partial charge < -0.3 is 14.8 Å². The lowest BCUT2D eigenvalue weighted by Gasteiger charge is -2.45. The third-order valence-corrected chi connectivity index (χ3v) is 6.03. The predicted octanol–water partition coefficient (Wildman–Crippen LogP) is 4.86. The molecule has 0 unspecified atom stereocenters. The molecule has 2 fully saturated rings. The molecule has 1 saturated carbocycles. The molecule has 0 radical (unpaired) electrons. The Balaban J connectivity index is 1.61. The molecule has 2 aromatic rings. The second kappa shape index (κ2) is 8.36. The van der Waals surface area contributed by atoms with Crippen molar-refractivity contribution < 1.29 is 14.3 Å². The fourth-order valence-electron chi connectivity index (χ4n) is 4.74. The first-order chi connectivity index (χ1) is 13.7. The van der Waals surface area contributed by atoms with E-state index in [0.29, 0.717) is 19.0 Å². The average molecular weight is 380 g/mol.